The highest BCUT2D eigenvalue weighted by Crippen LogP contribution is 2.24. The molecule has 4 nitrogen and oxygen atoms in total. The lowest BCUT2D eigenvalue weighted by Gasteiger charge is -2.18. The molecule has 1 atom stereocenters. The first-order chi connectivity index (χ1) is 11.8. The molecule has 0 bridgehead atoms. The monoisotopic (exact) mass is 378 g/mol. The third-order valence-electron chi connectivity index (χ3n) is 3.70. The van der Waals surface area contributed by atoms with Gasteiger partial charge in [0, 0.05) is 34.5 Å². The normalized spacial score (nSPS) is 12.2. The van der Waals surface area contributed by atoms with Crippen LogP contribution in [0.5, 0.6) is 0 Å². The molecule has 134 valence electrons. The number of carbonyl (C=O) groups is 2. The van der Waals surface area contributed by atoms with Gasteiger partial charge in [0.1, 0.15) is 5.01 Å². The molecule has 0 aliphatic heterocycles. The summed E-state index contributed by atoms with van der Waals surface area (Å²) < 4.78 is 0. The number of hydrogen-bond acceptors (Lipinski definition) is 4. The summed E-state index contributed by atoms with van der Waals surface area (Å²) >= 11 is 7.46. The van der Waals surface area contributed by atoms with Gasteiger partial charge in [-0.3, -0.25) is 9.59 Å². The van der Waals surface area contributed by atoms with Gasteiger partial charge in [-0.2, -0.15) is 0 Å². The minimum atomic E-state index is -0.131. The molecule has 1 unspecified atom stereocenters. The number of rotatable bonds is 8. The van der Waals surface area contributed by atoms with Crippen molar-refractivity contribution in [3.63, 3.8) is 0 Å². The number of Topliss-reactive ketones (excluding diaryl/α,β-unsaturated/α-hetero) is 1. The van der Waals surface area contributed by atoms with Crippen LogP contribution in [0.4, 0.5) is 0 Å². The molecule has 0 saturated carbocycles. The predicted molar refractivity (Wildman–Crippen MR) is 102 cm³/mol. The number of ketones is 1. The van der Waals surface area contributed by atoms with Crippen LogP contribution in [0, 0.1) is 12.8 Å². The summed E-state index contributed by atoms with van der Waals surface area (Å²) in [6.07, 6.45) is 1.14. The quantitative estimate of drug-likeness (QED) is 0.659. The number of halogens is 1. The van der Waals surface area contributed by atoms with E-state index in [0.29, 0.717) is 16.5 Å². The summed E-state index contributed by atoms with van der Waals surface area (Å²) in [5.74, 6) is 0.222. The second-order valence-electron chi connectivity index (χ2n) is 6.51. The van der Waals surface area contributed by atoms with E-state index in [-0.39, 0.29) is 30.6 Å². The Labute approximate surface area is 157 Å². The minimum absolute atomic E-state index is 0.0804. The zero-order valence-electron chi connectivity index (χ0n) is 14.7. The maximum atomic E-state index is 12.3. The summed E-state index contributed by atoms with van der Waals surface area (Å²) in [6.45, 7) is 6.17. The van der Waals surface area contributed by atoms with Gasteiger partial charge in [-0.1, -0.05) is 37.6 Å². The minimum Gasteiger partial charge on any atom is -0.347 e. The average molecular weight is 379 g/mol. The van der Waals surface area contributed by atoms with Crippen molar-refractivity contribution in [2.75, 3.05) is 0 Å². The van der Waals surface area contributed by atoms with Gasteiger partial charge in [-0.25, -0.2) is 4.98 Å². The Balaban J connectivity index is 1.93. The highest BCUT2D eigenvalue weighted by molar-refractivity contribution is 7.09. The Hall–Kier alpha value is -1.72. The van der Waals surface area contributed by atoms with Crippen LogP contribution in [0.25, 0.3) is 0 Å². The van der Waals surface area contributed by atoms with Gasteiger partial charge in [0.2, 0.25) is 5.91 Å². The molecule has 1 aromatic carbocycles. The number of amides is 1. The first kappa shape index (κ1) is 19.6. The zero-order chi connectivity index (χ0) is 18.4. The van der Waals surface area contributed by atoms with Crippen molar-refractivity contribution in [1.82, 2.24) is 10.3 Å². The van der Waals surface area contributed by atoms with Crippen LogP contribution >= 0.6 is 22.9 Å². The van der Waals surface area contributed by atoms with E-state index in [1.807, 2.05) is 12.3 Å². The van der Waals surface area contributed by atoms with Crippen LogP contribution in [0.1, 0.15) is 60.2 Å². The molecule has 0 radical (unpaired) electrons. The van der Waals surface area contributed by atoms with Crippen molar-refractivity contribution in [1.29, 1.82) is 0 Å². The Morgan fingerprint density at radius 3 is 2.64 bits per heavy atom. The van der Waals surface area contributed by atoms with Crippen molar-refractivity contribution >= 4 is 34.6 Å². The molecular weight excluding hydrogens is 356 g/mol. The SMILES string of the molecule is Cc1csc(C(CC(C)C)NC(=O)CCC(=O)c2cccc(Cl)c2)n1. The molecule has 2 aromatic rings. The highest BCUT2D eigenvalue weighted by atomic mass is 35.5. The molecule has 0 aliphatic rings. The lowest BCUT2D eigenvalue weighted by Crippen LogP contribution is -2.29. The first-order valence-electron chi connectivity index (χ1n) is 8.35. The summed E-state index contributed by atoms with van der Waals surface area (Å²) in [5.41, 5.74) is 1.49. The van der Waals surface area contributed by atoms with E-state index < -0.39 is 0 Å². The van der Waals surface area contributed by atoms with Crippen LogP contribution in [-0.2, 0) is 4.79 Å². The van der Waals surface area contributed by atoms with Crippen LogP contribution < -0.4 is 5.32 Å². The van der Waals surface area contributed by atoms with E-state index in [2.05, 4.69) is 24.1 Å². The molecule has 6 heteroatoms. The van der Waals surface area contributed by atoms with Gasteiger partial charge in [-0.05, 0) is 31.4 Å². The van der Waals surface area contributed by atoms with E-state index in [1.165, 1.54) is 0 Å². The molecule has 1 amide bonds. The Kier molecular flexibility index (Phi) is 7.14. The van der Waals surface area contributed by atoms with Gasteiger partial charge in [0.05, 0.1) is 6.04 Å². The van der Waals surface area contributed by atoms with E-state index in [1.54, 1.807) is 35.6 Å². The van der Waals surface area contributed by atoms with Crippen LogP contribution in [0.3, 0.4) is 0 Å². The number of thiazole rings is 1. The number of nitrogens with zero attached hydrogens (tertiary/aromatic N) is 1. The van der Waals surface area contributed by atoms with Crippen molar-refractivity contribution in [2.45, 2.75) is 46.1 Å². The summed E-state index contributed by atoms with van der Waals surface area (Å²) in [6, 6.07) is 6.69. The fraction of sp³-hybridized carbons (Fsp3) is 0.421. The molecule has 25 heavy (non-hydrogen) atoms. The molecule has 0 spiro atoms. The number of aromatic nitrogens is 1. The molecule has 1 N–H and O–H groups in total. The topological polar surface area (TPSA) is 59.1 Å². The highest BCUT2D eigenvalue weighted by Gasteiger charge is 2.19. The summed E-state index contributed by atoms with van der Waals surface area (Å²) in [7, 11) is 0. The Morgan fingerprint density at radius 2 is 2.04 bits per heavy atom. The maximum Gasteiger partial charge on any atom is 0.221 e. The lowest BCUT2D eigenvalue weighted by molar-refractivity contribution is -0.121. The fourth-order valence-electron chi connectivity index (χ4n) is 2.52. The maximum absolute atomic E-state index is 12.3. The number of aryl methyl sites for hydroxylation is 1. The standard InChI is InChI=1S/C19H23ClN2O2S/c1-12(2)9-16(19-21-13(3)11-25-19)22-18(24)8-7-17(23)14-5-4-6-15(20)10-14/h4-6,10-12,16H,7-9H2,1-3H3,(H,22,24). The number of hydrogen-bond donors (Lipinski definition) is 1. The molecule has 0 aliphatic carbocycles. The first-order valence-corrected chi connectivity index (χ1v) is 9.61. The summed E-state index contributed by atoms with van der Waals surface area (Å²) in [5, 5.41) is 6.45. The predicted octanol–water partition coefficient (Wildman–Crippen LogP) is 4.97. The van der Waals surface area contributed by atoms with Gasteiger partial charge >= 0.3 is 0 Å². The van der Waals surface area contributed by atoms with Gasteiger partial charge in [0.15, 0.2) is 5.78 Å². The third-order valence-corrected chi connectivity index (χ3v) is 5.01. The molecule has 1 heterocycles. The molecule has 1 aromatic heterocycles. The Bertz CT molecular complexity index is 743. The molecular formula is C19H23ClN2O2S. The van der Waals surface area contributed by atoms with E-state index in [4.69, 9.17) is 11.6 Å². The fourth-order valence-corrected chi connectivity index (χ4v) is 3.58. The molecule has 0 fully saturated rings. The van der Waals surface area contributed by atoms with Crippen molar-refractivity contribution < 1.29 is 9.59 Å². The van der Waals surface area contributed by atoms with E-state index in [9.17, 15) is 9.59 Å². The molecule has 0 saturated heterocycles. The smallest absolute Gasteiger partial charge is 0.221 e. The average Bonchev–Trinajstić information content (AvgIpc) is 2.98. The second-order valence-corrected chi connectivity index (χ2v) is 7.84. The van der Waals surface area contributed by atoms with Crippen LogP contribution in [0.2, 0.25) is 5.02 Å². The van der Waals surface area contributed by atoms with Gasteiger partial charge in [0.25, 0.3) is 0 Å². The molecule has 2 rings (SSSR count). The number of carbonyl (C=O) groups excluding carboxylic acids is 2. The number of nitrogens with one attached hydrogen (secondary N) is 1. The van der Waals surface area contributed by atoms with Crippen LogP contribution in [0.15, 0.2) is 29.6 Å². The summed E-state index contributed by atoms with van der Waals surface area (Å²) in [4.78, 5) is 29.0. The zero-order valence-corrected chi connectivity index (χ0v) is 16.3. The second kappa shape index (κ2) is 9.11. The van der Waals surface area contributed by atoms with E-state index in [0.717, 1.165) is 17.1 Å². The van der Waals surface area contributed by atoms with Crippen molar-refractivity contribution in [3.05, 3.63) is 50.9 Å². The van der Waals surface area contributed by atoms with Crippen LogP contribution in [-0.4, -0.2) is 16.7 Å². The lowest BCUT2D eigenvalue weighted by atomic mass is 10.0. The van der Waals surface area contributed by atoms with Gasteiger partial charge in [-0.15, -0.1) is 11.3 Å². The van der Waals surface area contributed by atoms with Crippen molar-refractivity contribution in [3.8, 4) is 0 Å². The Morgan fingerprint density at radius 1 is 1.28 bits per heavy atom. The van der Waals surface area contributed by atoms with E-state index >= 15 is 0 Å². The van der Waals surface area contributed by atoms with Crippen molar-refractivity contribution in [2.24, 2.45) is 5.92 Å². The number of benzene rings is 1. The van der Waals surface area contributed by atoms with Gasteiger partial charge < -0.3 is 5.32 Å². The largest absolute Gasteiger partial charge is 0.347 e. The third kappa shape index (κ3) is 6.25.